The van der Waals surface area contributed by atoms with Gasteiger partial charge in [-0.05, 0) is 63.1 Å². The predicted molar refractivity (Wildman–Crippen MR) is 143 cm³/mol. The molecular formula is C25H29ClN6O5S. The maximum atomic E-state index is 13.2. The van der Waals surface area contributed by atoms with E-state index < -0.39 is 11.5 Å². The van der Waals surface area contributed by atoms with Gasteiger partial charge in [0.2, 0.25) is 5.13 Å². The summed E-state index contributed by atoms with van der Waals surface area (Å²) >= 11 is 7.20. The van der Waals surface area contributed by atoms with Crippen molar-refractivity contribution in [2.24, 2.45) is 5.92 Å². The molecule has 1 atom stereocenters. The van der Waals surface area contributed by atoms with E-state index in [0.717, 1.165) is 17.8 Å². The van der Waals surface area contributed by atoms with E-state index in [1.54, 1.807) is 30.2 Å². The molecule has 3 aromatic rings. The normalized spacial score (nSPS) is 15.3. The van der Waals surface area contributed by atoms with E-state index in [0.29, 0.717) is 47.5 Å². The fraction of sp³-hybridized carbons (Fsp3) is 0.440. The highest BCUT2D eigenvalue weighted by atomic mass is 35.5. The number of hydrogen-bond acceptors (Lipinski definition) is 10. The Morgan fingerprint density at radius 3 is 2.76 bits per heavy atom. The molecule has 1 fully saturated rings. The van der Waals surface area contributed by atoms with Crippen LogP contribution < -0.4 is 14.8 Å². The second-order valence-corrected chi connectivity index (χ2v) is 11.1. The third kappa shape index (κ3) is 6.67. The summed E-state index contributed by atoms with van der Waals surface area (Å²) in [5.74, 6) is 0.161. The zero-order chi connectivity index (χ0) is 27.4. The van der Waals surface area contributed by atoms with E-state index in [9.17, 15) is 9.59 Å². The average Bonchev–Trinajstić information content (AvgIpc) is 3.51. The number of halogens is 1. The Bertz CT molecular complexity index is 1330. The summed E-state index contributed by atoms with van der Waals surface area (Å²) in [6.07, 6.45) is 3.51. The van der Waals surface area contributed by atoms with Crippen molar-refractivity contribution in [1.29, 1.82) is 0 Å². The highest BCUT2D eigenvalue weighted by Gasteiger charge is 2.30. The van der Waals surface area contributed by atoms with Crippen LogP contribution in [0.2, 0.25) is 5.15 Å². The number of nitrogens with zero attached hydrogens (tertiary/aromatic N) is 5. The Morgan fingerprint density at radius 1 is 1.26 bits per heavy atom. The van der Waals surface area contributed by atoms with Gasteiger partial charge < -0.3 is 19.1 Å². The van der Waals surface area contributed by atoms with Crippen molar-refractivity contribution in [1.82, 2.24) is 25.1 Å². The molecule has 1 unspecified atom stereocenters. The molecule has 0 bridgehead atoms. The number of amides is 2. The summed E-state index contributed by atoms with van der Waals surface area (Å²) < 4.78 is 16.8. The van der Waals surface area contributed by atoms with Gasteiger partial charge in [0.1, 0.15) is 16.5 Å². The van der Waals surface area contributed by atoms with Gasteiger partial charge in [0.05, 0.1) is 25.0 Å². The van der Waals surface area contributed by atoms with Crippen LogP contribution in [0.5, 0.6) is 10.9 Å². The third-order valence-corrected chi connectivity index (χ3v) is 6.64. The molecule has 202 valence electrons. The summed E-state index contributed by atoms with van der Waals surface area (Å²) in [5, 5.41) is 11.7. The van der Waals surface area contributed by atoms with Crippen molar-refractivity contribution < 1.29 is 23.8 Å². The smallest absolute Gasteiger partial charge is 0.410 e. The van der Waals surface area contributed by atoms with E-state index >= 15 is 0 Å². The third-order valence-electron chi connectivity index (χ3n) is 5.68. The van der Waals surface area contributed by atoms with Gasteiger partial charge in [0.15, 0.2) is 0 Å². The number of nitrogens with one attached hydrogen (secondary N) is 1. The van der Waals surface area contributed by atoms with Crippen molar-refractivity contribution in [2.45, 2.75) is 39.7 Å². The first kappa shape index (κ1) is 27.5. The standard InChI is InChI=1S/C25H29ClN6O5S/c1-14-20(35-5)19(16-6-8-27-18(26)10-16)17(11-28-14)21(33)29-22-30-31-23(38-22)36-13-15-7-9-32(12-15)24(34)37-25(2,3)4/h6,8,10-11,15H,7,9,12-13H2,1-5H3,(H,29,30,33). The molecule has 3 aromatic heterocycles. The molecule has 4 rings (SSSR count). The van der Waals surface area contributed by atoms with Crippen molar-refractivity contribution in [3.63, 3.8) is 0 Å². The van der Waals surface area contributed by atoms with Gasteiger partial charge in [-0.2, -0.15) is 0 Å². The van der Waals surface area contributed by atoms with E-state index in [-0.39, 0.29) is 27.9 Å². The minimum atomic E-state index is -0.537. The summed E-state index contributed by atoms with van der Waals surface area (Å²) in [4.78, 5) is 35.5. The predicted octanol–water partition coefficient (Wildman–Crippen LogP) is 4.85. The van der Waals surface area contributed by atoms with Gasteiger partial charge in [-0.1, -0.05) is 16.7 Å². The molecule has 2 amide bonds. The quantitative estimate of drug-likeness (QED) is 0.403. The molecule has 11 nitrogen and oxygen atoms in total. The SMILES string of the molecule is COc1c(C)ncc(C(=O)Nc2nnc(OCC3CCN(C(=O)OC(C)(C)C)C3)s2)c1-c1ccnc(Cl)c1. The van der Waals surface area contributed by atoms with Crippen LogP contribution in [0.1, 0.15) is 43.2 Å². The lowest BCUT2D eigenvalue weighted by Gasteiger charge is -2.24. The number of rotatable bonds is 7. The van der Waals surface area contributed by atoms with Crippen LogP contribution in [0.15, 0.2) is 24.5 Å². The molecule has 13 heteroatoms. The Hall–Kier alpha value is -3.51. The number of carbonyl (C=O) groups is 2. The molecule has 0 spiro atoms. The Kier molecular flexibility index (Phi) is 8.32. The Balaban J connectivity index is 1.40. The summed E-state index contributed by atoms with van der Waals surface area (Å²) in [7, 11) is 1.52. The topological polar surface area (TPSA) is 129 Å². The van der Waals surface area contributed by atoms with Crippen LogP contribution in [-0.2, 0) is 4.74 Å². The van der Waals surface area contributed by atoms with Crippen molar-refractivity contribution in [3.05, 3.63) is 40.9 Å². The summed E-state index contributed by atoms with van der Waals surface area (Å²) in [6, 6.07) is 3.39. The molecular weight excluding hydrogens is 532 g/mol. The van der Waals surface area contributed by atoms with Crippen LogP contribution >= 0.6 is 22.9 Å². The fourth-order valence-electron chi connectivity index (χ4n) is 3.99. The van der Waals surface area contributed by atoms with Crippen LogP contribution in [0.25, 0.3) is 11.1 Å². The van der Waals surface area contributed by atoms with E-state index in [1.807, 2.05) is 20.8 Å². The van der Waals surface area contributed by atoms with Gasteiger partial charge in [0.25, 0.3) is 11.1 Å². The summed E-state index contributed by atoms with van der Waals surface area (Å²) in [5.41, 5.74) is 1.57. The highest BCUT2D eigenvalue weighted by Crippen LogP contribution is 2.36. The molecule has 4 heterocycles. The fourth-order valence-corrected chi connectivity index (χ4v) is 4.76. The second kappa shape index (κ2) is 11.5. The van der Waals surface area contributed by atoms with Gasteiger partial charge in [-0.15, -0.1) is 5.10 Å². The van der Waals surface area contributed by atoms with Gasteiger partial charge >= 0.3 is 6.09 Å². The molecule has 0 aliphatic carbocycles. The number of likely N-dealkylation sites (tertiary alicyclic amines) is 1. The first-order valence-corrected chi connectivity index (χ1v) is 13.1. The van der Waals surface area contributed by atoms with Gasteiger partial charge in [-0.25, -0.2) is 9.78 Å². The lowest BCUT2D eigenvalue weighted by Crippen LogP contribution is -2.35. The molecule has 0 aromatic carbocycles. The molecule has 0 saturated carbocycles. The number of aryl methyl sites for hydroxylation is 1. The Morgan fingerprint density at radius 2 is 2.05 bits per heavy atom. The Labute approximate surface area is 229 Å². The number of pyridine rings is 2. The first-order valence-electron chi connectivity index (χ1n) is 11.9. The minimum absolute atomic E-state index is 0.144. The molecule has 1 saturated heterocycles. The molecule has 0 radical (unpaired) electrons. The molecule has 1 aliphatic rings. The molecule has 38 heavy (non-hydrogen) atoms. The summed E-state index contributed by atoms with van der Waals surface area (Å²) in [6.45, 7) is 8.84. The monoisotopic (exact) mass is 560 g/mol. The van der Waals surface area contributed by atoms with Gasteiger partial charge in [-0.3, -0.25) is 15.1 Å². The highest BCUT2D eigenvalue weighted by molar-refractivity contribution is 7.17. The number of hydrogen-bond donors (Lipinski definition) is 1. The van der Waals surface area contributed by atoms with E-state index in [2.05, 4.69) is 25.5 Å². The number of ether oxygens (including phenoxy) is 3. The lowest BCUT2D eigenvalue weighted by atomic mass is 9.99. The largest absolute Gasteiger partial charge is 0.494 e. The number of aromatic nitrogens is 4. The molecule has 1 N–H and O–H groups in total. The minimum Gasteiger partial charge on any atom is -0.494 e. The average molecular weight is 561 g/mol. The van der Waals surface area contributed by atoms with Crippen LogP contribution in [-0.4, -0.2) is 69.5 Å². The van der Waals surface area contributed by atoms with Crippen molar-refractivity contribution >= 4 is 40.1 Å². The zero-order valence-electron chi connectivity index (χ0n) is 21.8. The number of anilines is 1. The first-order chi connectivity index (χ1) is 18.0. The van der Waals surface area contributed by atoms with E-state index in [4.69, 9.17) is 25.8 Å². The maximum absolute atomic E-state index is 13.2. The maximum Gasteiger partial charge on any atom is 0.410 e. The second-order valence-electron chi connectivity index (χ2n) is 9.75. The van der Waals surface area contributed by atoms with Crippen molar-refractivity contribution in [3.8, 4) is 22.1 Å². The number of methoxy groups -OCH3 is 1. The van der Waals surface area contributed by atoms with Crippen LogP contribution in [0, 0.1) is 12.8 Å². The number of carbonyl (C=O) groups excluding carboxylic acids is 2. The lowest BCUT2D eigenvalue weighted by molar-refractivity contribution is 0.0284. The van der Waals surface area contributed by atoms with E-state index in [1.165, 1.54) is 13.3 Å². The van der Waals surface area contributed by atoms with Crippen LogP contribution in [0.3, 0.4) is 0 Å². The zero-order valence-corrected chi connectivity index (χ0v) is 23.4. The van der Waals surface area contributed by atoms with Gasteiger partial charge in [0, 0.05) is 37.0 Å². The molecule has 1 aliphatic heterocycles. The van der Waals surface area contributed by atoms with Crippen LogP contribution in [0.4, 0.5) is 9.93 Å². The van der Waals surface area contributed by atoms with Crippen molar-refractivity contribution in [2.75, 3.05) is 32.1 Å².